The van der Waals surface area contributed by atoms with Gasteiger partial charge in [0, 0.05) is 11.1 Å². The molecule has 3 aromatic carbocycles. The molecule has 1 aliphatic rings. The van der Waals surface area contributed by atoms with Crippen molar-refractivity contribution in [2.24, 2.45) is 0 Å². The quantitative estimate of drug-likeness (QED) is 0.267. The van der Waals surface area contributed by atoms with E-state index in [1.807, 2.05) is 26.0 Å². The number of imide groups is 1. The first-order chi connectivity index (χ1) is 17.2. The molecule has 8 heteroatoms. The van der Waals surface area contributed by atoms with Crippen molar-refractivity contribution < 1.29 is 33.4 Å². The van der Waals surface area contributed by atoms with E-state index in [0.717, 1.165) is 16.0 Å². The Labute approximate surface area is 208 Å². The summed E-state index contributed by atoms with van der Waals surface area (Å²) in [5, 5.41) is 0. The van der Waals surface area contributed by atoms with E-state index in [9.17, 15) is 19.2 Å². The maximum absolute atomic E-state index is 12.9. The molecule has 0 radical (unpaired) electrons. The predicted octanol–water partition coefficient (Wildman–Crippen LogP) is 4.16. The number of Topliss-reactive ketones (excluding diaryl/α,β-unsaturated/α-hetero) is 1. The lowest BCUT2D eigenvalue weighted by molar-refractivity contribution is 0.0474. The summed E-state index contributed by atoms with van der Waals surface area (Å²) in [5.74, 6) is -1.46. The van der Waals surface area contributed by atoms with Gasteiger partial charge in [0.05, 0.1) is 37.5 Å². The molecule has 8 nitrogen and oxygen atoms in total. The molecule has 0 N–H and O–H groups in total. The van der Waals surface area contributed by atoms with Gasteiger partial charge in [0.25, 0.3) is 11.8 Å². The molecule has 1 heterocycles. The minimum Gasteiger partial charge on any atom is -0.493 e. The number of carbonyl (C=O) groups is 4. The van der Waals surface area contributed by atoms with Crippen LogP contribution in [-0.2, 0) is 11.3 Å². The number of ketones is 1. The summed E-state index contributed by atoms with van der Waals surface area (Å²) >= 11 is 0. The van der Waals surface area contributed by atoms with Crippen molar-refractivity contribution in [3.8, 4) is 11.5 Å². The van der Waals surface area contributed by atoms with E-state index in [1.165, 1.54) is 26.4 Å². The molecule has 0 bridgehead atoms. The summed E-state index contributed by atoms with van der Waals surface area (Å²) < 4.78 is 16.1. The largest absolute Gasteiger partial charge is 0.493 e. The van der Waals surface area contributed by atoms with Crippen LogP contribution < -0.4 is 9.47 Å². The lowest BCUT2D eigenvalue weighted by Crippen LogP contribution is -2.29. The molecular weight excluding hydrogens is 462 g/mol. The molecule has 0 saturated carbocycles. The van der Waals surface area contributed by atoms with E-state index in [2.05, 4.69) is 0 Å². The van der Waals surface area contributed by atoms with Gasteiger partial charge in [0.1, 0.15) is 0 Å². The number of esters is 1. The summed E-state index contributed by atoms with van der Waals surface area (Å²) in [4.78, 5) is 52.3. The number of benzene rings is 3. The van der Waals surface area contributed by atoms with Crippen LogP contribution in [0.15, 0.2) is 54.6 Å². The normalized spacial score (nSPS) is 12.4. The summed E-state index contributed by atoms with van der Waals surface area (Å²) in [7, 11) is 2.83. The maximum atomic E-state index is 12.9. The zero-order valence-electron chi connectivity index (χ0n) is 20.4. The van der Waals surface area contributed by atoms with Gasteiger partial charge in [-0.3, -0.25) is 19.3 Å². The van der Waals surface area contributed by atoms with Crippen LogP contribution in [0.4, 0.5) is 0 Å². The molecule has 0 unspecified atom stereocenters. The molecule has 4 rings (SSSR count). The number of hydrogen-bond donors (Lipinski definition) is 0. The van der Waals surface area contributed by atoms with Crippen LogP contribution in [0.3, 0.4) is 0 Å². The Balaban J connectivity index is 1.58. The van der Waals surface area contributed by atoms with Crippen molar-refractivity contribution in [2.45, 2.75) is 20.4 Å². The van der Waals surface area contributed by atoms with Gasteiger partial charge in [-0.15, -0.1) is 0 Å². The number of amides is 2. The number of hydrogen-bond acceptors (Lipinski definition) is 7. The number of methoxy groups -OCH3 is 2. The van der Waals surface area contributed by atoms with Gasteiger partial charge in [-0.2, -0.15) is 0 Å². The Morgan fingerprint density at radius 2 is 1.53 bits per heavy atom. The first-order valence-electron chi connectivity index (χ1n) is 11.2. The van der Waals surface area contributed by atoms with Crippen molar-refractivity contribution in [1.82, 2.24) is 4.90 Å². The van der Waals surface area contributed by atoms with E-state index in [1.54, 1.807) is 30.3 Å². The van der Waals surface area contributed by atoms with Gasteiger partial charge in [-0.1, -0.05) is 35.9 Å². The standard InChI is InChI=1S/C28H25NO7/c1-16-9-10-20(17(2)11-16)23(30)15-36-28(33)18-12-19(25(35-4)24(13-18)34-3)14-29-26(31)21-7-5-6-8-22(21)27(29)32/h5-13H,14-15H2,1-4H3. The molecule has 3 aromatic rings. The van der Waals surface area contributed by atoms with Crippen LogP contribution in [0.2, 0.25) is 0 Å². The highest BCUT2D eigenvalue weighted by Gasteiger charge is 2.36. The zero-order valence-corrected chi connectivity index (χ0v) is 20.4. The van der Waals surface area contributed by atoms with Crippen molar-refractivity contribution in [3.63, 3.8) is 0 Å². The molecule has 0 spiro atoms. The third-order valence-electron chi connectivity index (χ3n) is 6.01. The lowest BCUT2D eigenvalue weighted by Gasteiger charge is -2.19. The molecule has 0 aliphatic carbocycles. The molecule has 0 atom stereocenters. The van der Waals surface area contributed by atoms with Crippen molar-refractivity contribution in [1.29, 1.82) is 0 Å². The monoisotopic (exact) mass is 487 g/mol. The predicted molar refractivity (Wildman–Crippen MR) is 131 cm³/mol. The third kappa shape index (κ3) is 4.57. The number of aryl methyl sites for hydroxylation is 2. The van der Waals surface area contributed by atoms with E-state index >= 15 is 0 Å². The van der Waals surface area contributed by atoms with Crippen LogP contribution in [0, 0.1) is 13.8 Å². The Bertz CT molecular complexity index is 1360. The molecule has 184 valence electrons. The van der Waals surface area contributed by atoms with Gasteiger partial charge in [-0.25, -0.2) is 4.79 Å². The fourth-order valence-electron chi connectivity index (χ4n) is 4.25. The van der Waals surface area contributed by atoms with Gasteiger partial charge >= 0.3 is 5.97 Å². The van der Waals surface area contributed by atoms with Crippen molar-refractivity contribution >= 4 is 23.6 Å². The van der Waals surface area contributed by atoms with E-state index in [0.29, 0.717) is 22.3 Å². The van der Waals surface area contributed by atoms with Crippen LogP contribution in [0.1, 0.15) is 58.1 Å². The number of rotatable bonds is 8. The molecule has 1 aliphatic heterocycles. The molecule has 36 heavy (non-hydrogen) atoms. The highest BCUT2D eigenvalue weighted by molar-refractivity contribution is 6.21. The Morgan fingerprint density at radius 3 is 2.11 bits per heavy atom. The number of fused-ring (bicyclic) bond motifs is 1. The van der Waals surface area contributed by atoms with Crippen LogP contribution in [0.5, 0.6) is 11.5 Å². The summed E-state index contributed by atoms with van der Waals surface area (Å²) in [5.41, 5.74) is 3.39. The van der Waals surface area contributed by atoms with Crippen LogP contribution in [0.25, 0.3) is 0 Å². The van der Waals surface area contributed by atoms with Crippen molar-refractivity contribution in [2.75, 3.05) is 20.8 Å². The van der Waals surface area contributed by atoms with E-state index in [4.69, 9.17) is 14.2 Å². The maximum Gasteiger partial charge on any atom is 0.338 e. The summed E-state index contributed by atoms with van der Waals surface area (Å²) in [6, 6.07) is 14.9. The Kier molecular flexibility index (Phi) is 6.87. The summed E-state index contributed by atoms with van der Waals surface area (Å²) in [6.45, 7) is 3.17. The van der Waals surface area contributed by atoms with Crippen LogP contribution >= 0.6 is 0 Å². The Hall–Kier alpha value is -4.46. The molecule has 0 saturated heterocycles. The van der Waals surface area contributed by atoms with E-state index in [-0.39, 0.29) is 29.4 Å². The van der Waals surface area contributed by atoms with Gasteiger partial charge in [0.2, 0.25) is 5.78 Å². The number of carbonyl (C=O) groups excluding carboxylic acids is 4. The highest BCUT2D eigenvalue weighted by atomic mass is 16.5. The molecule has 0 fully saturated rings. The van der Waals surface area contributed by atoms with E-state index < -0.39 is 24.4 Å². The van der Waals surface area contributed by atoms with Gasteiger partial charge < -0.3 is 14.2 Å². The highest BCUT2D eigenvalue weighted by Crippen LogP contribution is 2.35. The molecule has 2 amide bonds. The topological polar surface area (TPSA) is 99.2 Å². The first kappa shape index (κ1) is 24.7. The SMILES string of the molecule is COc1cc(C(=O)OCC(=O)c2ccc(C)cc2C)cc(CN2C(=O)c3ccccc3C2=O)c1OC. The second-order valence-electron chi connectivity index (χ2n) is 8.43. The third-order valence-corrected chi connectivity index (χ3v) is 6.01. The second-order valence-corrected chi connectivity index (χ2v) is 8.43. The number of ether oxygens (including phenoxy) is 3. The smallest absolute Gasteiger partial charge is 0.338 e. The molecular formula is C28H25NO7. The molecule has 0 aromatic heterocycles. The minimum absolute atomic E-state index is 0.0905. The lowest BCUT2D eigenvalue weighted by atomic mass is 10.0. The fourth-order valence-corrected chi connectivity index (χ4v) is 4.25. The average Bonchev–Trinajstić information content (AvgIpc) is 3.11. The second kappa shape index (κ2) is 10.0. The minimum atomic E-state index is -0.752. The summed E-state index contributed by atoms with van der Waals surface area (Å²) in [6.07, 6.45) is 0. The zero-order chi connectivity index (χ0) is 26.0. The van der Waals surface area contributed by atoms with Gasteiger partial charge in [-0.05, 0) is 43.7 Å². The average molecular weight is 488 g/mol. The number of nitrogens with zero attached hydrogens (tertiary/aromatic N) is 1. The Morgan fingerprint density at radius 1 is 0.861 bits per heavy atom. The van der Waals surface area contributed by atoms with Gasteiger partial charge in [0.15, 0.2) is 18.1 Å². The fraction of sp³-hybridized carbons (Fsp3) is 0.214. The van der Waals surface area contributed by atoms with Crippen LogP contribution in [-0.4, -0.2) is 49.3 Å². The van der Waals surface area contributed by atoms with Crippen molar-refractivity contribution in [3.05, 3.63) is 93.5 Å². The first-order valence-corrected chi connectivity index (χ1v) is 11.2.